The third kappa shape index (κ3) is 5.19. The number of hydrogen-bond donors (Lipinski definition) is 2. The molecule has 1 fully saturated rings. The van der Waals surface area contributed by atoms with Crippen molar-refractivity contribution in [1.29, 1.82) is 0 Å². The van der Waals surface area contributed by atoms with E-state index in [-0.39, 0.29) is 18.4 Å². The van der Waals surface area contributed by atoms with Crippen LogP contribution >= 0.6 is 0 Å². The number of nitrogens with one attached hydrogen (secondary N) is 1. The Labute approximate surface area is 144 Å². The van der Waals surface area contributed by atoms with Crippen molar-refractivity contribution in [2.24, 2.45) is 5.14 Å². The number of alkyl halides is 3. The molecular weight excluding hydrogens is 361 g/mol. The lowest BCUT2D eigenvalue weighted by Crippen LogP contribution is -2.44. The molecule has 1 aliphatic heterocycles. The number of nitrogens with zero attached hydrogens (tertiary/aromatic N) is 2. The highest BCUT2D eigenvalue weighted by Gasteiger charge is 2.29. The first kappa shape index (κ1) is 19.7. The maximum absolute atomic E-state index is 12.1. The van der Waals surface area contributed by atoms with Gasteiger partial charge < -0.3 is 10.2 Å². The molecule has 1 amide bonds. The van der Waals surface area contributed by atoms with E-state index in [2.05, 4.69) is 5.32 Å². The van der Waals surface area contributed by atoms with Gasteiger partial charge in [-0.3, -0.25) is 4.79 Å². The van der Waals surface area contributed by atoms with Gasteiger partial charge in [-0.2, -0.15) is 21.6 Å². The molecule has 0 atom stereocenters. The average Bonchev–Trinajstić information content (AvgIpc) is 2.88. The first-order valence-corrected chi connectivity index (χ1v) is 9.26. The van der Waals surface area contributed by atoms with Gasteiger partial charge in [0.2, 0.25) is 5.91 Å². The lowest BCUT2D eigenvalue weighted by molar-refractivity contribution is -0.135. The van der Waals surface area contributed by atoms with Crippen molar-refractivity contribution >= 4 is 16.1 Å². The number of halogens is 3. The Morgan fingerprint density at radius 2 is 1.96 bits per heavy atom. The van der Waals surface area contributed by atoms with E-state index >= 15 is 0 Å². The van der Waals surface area contributed by atoms with Crippen LogP contribution in [0.5, 0.6) is 0 Å². The van der Waals surface area contributed by atoms with Crippen LogP contribution in [0.3, 0.4) is 0 Å². The molecule has 0 unspecified atom stereocenters. The molecule has 0 saturated carbocycles. The van der Waals surface area contributed by atoms with E-state index in [0.29, 0.717) is 31.6 Å². The molecule has 7 nitrogen and oxygen atoms in total. The third-order valence-electron chi connectivity index (χ3n) is 4.30. The average molecular weight is 382 g/mol. The van der Waals surface area contributed by atoms with E-state index < -0.39 is 22.9 Å². The Morgan fingerprint density at radius 1 is 1.36 bits per heavy atom. The van der Waals surface area contributed by atoms with Crippen molar-refractivity contribution < 1.29 is 26.4 Å². The van der Waals surface area contributed by atoms with Gasteiger partial charge in [0, 0.05) is 25.0 Å². The summed E-state index contributed by atoms with van der Waals surface area (Å²) in [5.41, 5.74) is 1.40. The molecule has 0 aliphatic carbocycles. The van der Waals surface area contributed by atoms with Crippen LogP contribution < -0.4 is 10.5 Å². The van der Waals surface area contributed by atoms with Crippen molar-refractivity contribution in [3.63, 3.8) is 0 Å². The van der Waals surface area contributed by atoms with Gasteiger partial charge in [0.15, 0.2) is 0 Å². The van der Waals surface area contributed by atoms with E-state index in [0.717, 1.165) is 9.54 Å². The Hall–Kier alpha value is -1.59. The lowest BCUT2D eigenvalue weighted by Gasteiger charge is -2.32. The minimum atomic E-state index is -4.35. The summed E-state index contributed by atoms with van der Waals surface area (Å²) in [7, 11) is -3.85. The van der Waals surface area contributed by atoms with E-state index in [1.807, 2.05) is 0 Å². The summed E-state index contributed by atoms with van der Waals surface area (Å²) in [6.45, 7) is 0.938. The number of aromatic nitrogens is 1. The highest BCUT2D eigenvalue weighted by molar-refractivity contribution is 7.87. The van der Waals surface area contributed by atoms with Gasteiger partial charge in [0.1, 0.15) is 0 Å². The quantitative estimate of drug-likeness (QED) is 0.784. The number of nitrogens with two attached hydrogens (primary N) is 1. The Balaban J connectivity index is 1.90. The van der Waals surface area contributed by atoms with Crippen LogP contribution in [0.15, 0.2) is 12.3 Å². The van der Waals surface area contributed by atoms with Crippen molar-refractivity contribution in [2.45, 2.75) is 31.9 Å². The normalized spacial score (nSPS) is 17.1. The van der Waals surface area contributed by atoms with Crippen LogP contribution in [0, 0.1) is 6.92 Å². The first-order valence-electron chi connectivity index (χ1n) is 7.75. The van der Waals surface area contributed by atoms with Gasteiger partial charge in [0.25, 0.3) is 0 Å². The predicted molar refractivity (Wildman–Crippen MR) is 85.2 cm³/mol. The monoisotopic (exact) mass is 382 g/mol. The van der Waals surface area contributed by atoms with E-state index in [4.69, 9.17) is 5.14 Å². The maximum Gasteiger partial charge on any atom is 0.401 e. The largest absolute Gasteiger partial charge is 0.401 e. The lowest BCUT2D eigenvalue weighted by atomic mass is 9.89. The second-order valence-corrected chi connectivity index (χ2v) is 7.49. The third-order valence-corrected chi connectivity index (χ3v) is 5.25. The van der Waals surface area contributed by atoms with Gasteiger partial charge in [-0.25, -0.2) is 9.11 Å². The SMILES string of the molecule is Cc1c(C2CCN(C(=O)CNCC(F)(F)F)CC2)ccn1S(N)(=O)=O. The minimum Gasteiger partial charge on any atom is -0.342 e. The fourth-order valence-corrected chi connectivity index (χ4v) is 3.80. The number of hydrogen-bond acceptors (Lipinski definition) is 4. The molecule has 0 aromatic carbocycles. The summed E-state index contributed by atoms with van der Waals surface area (Å²) in [5, 5.41) is 7.23. The van der Waals surface area contributed by atoms with Gasteiger partial charge in [0.05, 0.1) is 13.1 Å². The topological polar surface area (TPSA) is 97.4 Å². The molecule has 1 aliphatic rings. The van der Waals surface area contributed by atoms with Crippen LogP contribution in [-0.4, -0.2) is 55.6 Å². The number of rotatable bonds is 5. The molecule has 1 aromatic rings. The Kier molecular flexibility index (Phi) is 5.79. The molecule has 2 heterocycles. The molecule has 142 valence electrons. The zero-order valence-corrected chi connectivity index (χ0v) is 14.5. The van der Waals surface area contributed by atoms with Gasteiger partial charge in [-0.1, -0.05) is 0 Å². The number of likely N-dealkylation sites (tertiary alicyclic amines) is 1. The molecule has 0 bridgehead atoms. The van der Waals surface area contributed by atoms with Crippen molar-refractivity contribution in [1.82, 2.24) is 14.2 Å². The van der Waals surface area contributed by atoms with E-state index in [1.54, 1.807) is 13.0 Å². The number of carbonyl (C=O) groups is 1. The van der Waals surface area contributed by atoms with Crippen LogP contribution in [0.1, 0.15) is 30.0 Å². The second-order valence-electron chi connectivity index (χ2n) is 6.07. The van der Waals surface area contributed by atoms with Crippen LogP contribution in [0.2, 0.25) is 0 Å². The molecule has 0 spiro atoms. The summed E-state index contributed by atoms with van der Waals surface area (Å²) in [6.07, 6.45) is -1.72. The van der Waals surface area contributed by atoms with Gasteiger partial charge in [-0.05, 0) is 37.3 Å². The second kappa shape index (κ2) is 7.34. The number of piperidine rings is 1. The molecule has 2 rings (SSSR count). The molecule has 11 heteroatoms. The Morgan fingerprint density at radius 3 is 2.44 bits per heavy atom. The van der Waals surface area contributed by atoms with Crippen molar-refractivity contribution in [3.8, 4) is 0 Å². The van der Waals surface area contributed by atoms with Gasteiger partial charge in [-0.15, -0.1) is 0 Å². The molecule has 1 saturated heterocycles. The highest BCUT2D eigenvalue weighted by Crippen LogP contribution is 2.31. The predicted octanol–water partition coefficient (Wildman–Crippen LogP) is 0.706. The summed E-state index contributed by atoms with van der Waals surface area (Å²) in [6, 6.07) is 1.70. The molecule has 3 N–H and O–H groups in total. The maximum atomic E-state index is 12.1. The summed E-state index contributed by atoms with van der Waals surface area (Å²) in [4.78, 5) is 13.4. The zero-order valence-electron chi connectivity index (χ0n) is 13.7. The Bertz CT molecular complexity index is 722. The molecular formula is C14H21F3N4O3S. The molecule has 25 heavy (non-hydrogen) atoms. The van der Waals surface area contributed by atoms with Crippen molar-refractivity contribution in [2.75, 3.05) is 26.2 Å². The van der Waals surface area contributed by atoms with Crippen molar-refractivity contribution in [3.05, 3.63) is 23.5 Å². The summed E-state index contributed by atoms with van der Waals surface area (Å²) < 4.78 is 60.2. The van der Waals surface area contributed by atoms with E-state index in [9.17, 15) is 26.4 Å². The minimum absolute atomic E-state index is 0.0789. The fourth-order valence-electron chi connectivity index (χ4n) is 3.08. The molecule has 0 radical (unpaired) electrons. The van der Waals surface area contributed by atoms with Crippen LogP contribution in [0.4, 0.5) is 13.2 Å². The highest BCUT2D eigenvalue weighted by atomic mass is 32.2. The molecule has 1 aromatic heterocycles. The summed E-state index contributed by atoms with van der Waals surface area (Å²) >= 11 is 0. The van der Waals surface area contributed by atoms with E-state index in [1.165, 1.54) is 11.1 Å². The zero-order chi connectivity index (χ0) is 18.8. The standard InChI is InChI=1S/C14H21F3N4O3S/c1-10-12(4-7-21(10)25(18,23)24)11-2-5-20(6-3-11)13(22)8-19-9-14(15,16)17/h4,7,11,19H,2-3,5-6,8-9H2,1H3,(H2,18,23,24). The summed E-state index contributed by atoms with van der Waals surface area (Å²) in [5.74, 6) is -0.295. The fraction of sp³-hybridized carbons (Fsp3) is 0.643. The number of amides is 1. The number of carbonyl (C=O) groups excluding carboxylic acids is 1. The first-order chi connectivity index (χ1) is 11.5. The smallest absolute Gasteiger partial charge is 0.342 e. The van der Waals surface area contributed by atoms with Crippen LogP contribution in [-0.2, 0) is 15.0 Å². The van der Waals surface area contributed by atoms with Crippen LogP contribution in [0.25, 0.3) is 0 Å². The van der Waals surface area contributed by atoms with Gasteiger partial charge >= 0.3 is 16.4 Å².